The lowest BCUT2D eigenvalue weighted by Crippen LogP contribution is -2.63. The van der Waals surface area contributed by atoms with E-state index < -0.39 is 11.8 Å². The molecule has 0 radical (unpaired) electrons. The van der Waals surface area contributed by atoms with Gasteiger partial charge in [0.2, 0.25) is 5.88 Å². The van der Waals surface area contributed by atoms with Crippen LogP contribution in [0.25, 0.3) is 32.9 Å². The zero-order valence-corrected chi connectivity index (χ0v) is 31.1. The SMILES string of the molecule is C#Cc1cccc2cc(OCOC)cc(-c3cc4nc(OC[C@@]56CCCN5C[C@H](F)C6)nc5c4c(n3)OC[C@H]3[C@@H]4CC[C@H](CN53)N4C(=O)OC(C)(C)C)c12. The van der Waals surface area contributed by atoms with Crippen LogP contribution in [0.3, 0.4) is 0 Å². The number of rotatable bonds is 7. The molecule has 5 aliphatic rings. The first-order valence-electron chi connectivity index (χ1n) is 18.8. The monoisotopic (exact) mass is 736 g/mol. The summed E-state index contributed by atoms with van der Waals surface area (Å²) in [6.45, 7) is 8.09. The van der Waals surface area contributed by atoms with E-state index in [0.29, 0.717) is 59.1 Å². The van der Waals surface area contributed by atoms with E-state index in [1.54, 1.807) is 7.11 Å². The summed E-state index contributed by atoms with van der Waals surface area (Å²) in [6, 6.07) is 11.3. The smallest absolute Gasteiger partial charge is 0.410 e. The van der Waals surface area contributed by atoms with Crippen molar-refractivity contribution in [2.45, 2.75) is 88.3 Å². The van der Waals surface area contributed by atoms with Gasteiger partial charge in [-0.2, -0.15) is 9.97 Å². The summed E-state index contributed by atoms with van der Waals surface area (Å²) >= 11 is 0. The van der Waals surface area contributed by atoms with Crippen LogP contribution in [0, 0.1) is 12.3 Å². The van der Waals surface area contributed by atoms with Crippen LogP contribution >= 0.6 is 0 Å². The van der Waals surface area contributed by atoms with E-state index in [0.717, 1.165) is 48.6 Å². The zero-order chi connectivity index (χ0) is 37.4. The third-order valence-corrected chi connectivity index (χ3v) is 11.6. The number of hydrogen-bond acceptors (Lipinski definition) is 11. The lowest BCUT2D eigenvalue weighted by Gasteiger charge is -2.46. The molecule has 4 fully saturated rings. The number of piperazine rings is 1. The lowest BCUT2D eigenvalue weighted by molar-refractivity contribution is 0.00538. The molecule has 0 aliphatic carbocycles. The Morgan fingerprint density at radius 2 is 1.96 bits per heavy atom. The van der Waals surface area contributed by atoms with Crippen molar-refractivity contribution in [1.82, 2.24) is 24.8 Å². The maximum Gasteiger partial charge on any atom is 0.410 e. The molecule has 0 saturated carbocycles. The highest BCUT2D eigenvalue weighted by Crippen LogP contribution is 2.46. The molecule has 2 bridgehead atoms. The minimum atomic E-state index is -0.881. The number of terminal acetylenes is 1. The first-order valence-corrected chi connectivity index (χ1v) is 18.8. The van der Waals surface area contributed by atoms with Gasteiger partial charge in [0.25, 0.3) is 0 Å². The number of alkyl halides is 1. The number of carbonyl (C=O) groups excluding carboxylic acids is 1. The number of pyridine rings is 1. The summed E-state index contributed by atoms with van der Waals surface area (Å²) in [6.07, 6.45) is 8.79. The van der Waals surface area contributed by atoms with Gasteiger partial charge in [0, 0.05) is 43.1 Å². The van der Waals surface area contributed by atoms with Gasteiger partial charge in [-0.3, -0.25) is 9.80 Å². The Morgan fingerprint density at radius 1 is 1.09 bits per heavy atom. The predicted octanol–water partition coefficient (Wildman–Crippen LogP) is 6.11. The first kappa shape index (κ1) is 34.8. The lowest BCUT2D eigenvalue weighted by atomic mass is 9.95. The van der Waals surface area contributed by atoms with Gasteiger partial charge < -0.3 is 28.6 Å². The Labute approximate surface area is 313 Å². The maximum atomic E-state index is 14.7. The number of hydrogen-bond donors (Lipinski definition) is 0. The number of aromatic nitrogens is 3. The van der Waals surface area contributed by atoms with Crippen LogP contribution in [-0.2, 0) is 9.47 Å². The van der Waals surface area contributed by atoms with Crippen LogP contribution in [-0.4, -0.2) is 113 Å². The summed E-state index contributed by atoms with van der Waals surface area (Å²) in [5.74, 6) is 4.46. The quantitative estimate of drug-likeness (QED) is 0.162. The van der Waals surface area contributed by atoms with E-state index in [9.17, 15) is 9.18 Å². The molecule has 54 heavy (non-hydrogen) atoms. The molecule has 1 amide bonds. The number of fused-ring (bicyclic) bond motifs is 7. The number of anilines is 1. The topological polar surface area (TPSA) is 112 Å². The van der Waals surface area contributed by atoms with Crippen molar-refractivity contribution in [2.24, 2.45) is 0 Å². The standard InChI is InChI=1S/C41H45FN6O6/c1-6-24-9-7-10-25-15-28(53-23-50-5)16-29(34(24)25)30-17-31-35-36(45-38(44-31)52-22-41-13-8-14-46(41)19-26(42)18-41)47-20-27-11-12-32(33(47)21-51-37(35)43-30)48(27)39(49)54-40(2,3)4/h1,7,9-10,15-17,26-27,32-33H,8,11-14,18-23H2,2-5H3/t26-,27-,32+,33+,41+/m1/s1. The van der Waals surface area contributed by atoms with Gasteiger partial charge in [-0.1, -0.05) is 18.1 Å². The number of ether oxygens (including phenoxy) is 5. The van der Waals surface area contributed by atoms with E-state index in [1.165, 1.54) is 0 Å². The predicted molar refractivity (Wildman–Crippen MR) is 201 cm³/mol. The van der Waals surface area contributed by atoms with Crippen LogP contribution in [0.5, 0.6) is 17.6 Å². The molecule has 2 aromatic carbocycles. The Kier molecular flexibility index (Phi) is 8.46. The van der Waals surface area contributed by atoms with Crippen molar-refractivity contribution < 1.29 is 32.9 Å². The normalized spacial score (nSPS) is 25.9. The number of nitrogens with zero attached hydrogens (tertiary/aromatic N) is 6. The summed E-state index contributed by atoms with van der Waals surface area (Å²) < 4.78 is 44.9. The fourth-order valence-corrected chi connectivity index (χ4v) is 9.42. The van der Waals surface area contributed by atoms with Gasteiger partial charge in [0.1, 0.15) is 41.9 Å². The van der Waals surface area contributed by atoms with Crippen LogP contribution < -0.4 is 19.1 Å². The second-order valence-corrected chi connectivity index (χ2v) is 16.2. The molecule has 5 atom stereocenters. The van der Waals surface area contributed by atoms with Gasteiger partial charge in [-0.05, 0) is 82.7 Å². The molecule has 0 N–H and O–H groups in total. The largest absolute Gasteiger partial charge is 0.475 e. The minimum absolute atomic E-state index is 0.0678. The van der Waals surface area contributed by atoms with E-state index >= 15 is 0 Å². The highest BCUT2D eigenvalue weighted by molar-refractivity contribution is 6.04. The van der Waals surface area contributed by atoms with Gasteiger partial charge in [-0.15, -0.1) is 6.42 Å². The molecular formula is C41H45FN6O6. The maximum absolute atomic E-state index is 14.7. The van der Waals surface area contributed by atoms with Crippen LogP contribution in [0.15, 0.2) is 36.4 Å². The summed E-state index contributed by atoms with van der Waals surface area (Å²) in [5, 5.41) is 2.39. The molecule has 7 heterocycles. The summed E-state index contributed by atoms with van der Waals surface area (Å²) in [4.78, 5) is 35.2. The average molecular weight is 737 g/mol. The van der Waals surface area contributed by atoms with Gasteiger partial charge in [0.05, 0.1) is 34.9 Å². The molecule has 9 rings (SSSR count). The highest BCUT2D eigenvalue weighted by Gasteiger charge is 2.52. The molecule has 13 heteroatoms. The van der Waals surface area contributed by atoms with Gasteiger partial charge >= 0.3 is 12.1 Å². The average Bonchev–Trinajstić information content (AvgIpc) is 3.75. The van der Waals surface area contributed by atoms with Crippen molar-refractivity contribution in [3.05, 3.63) is 42.0 Å². The molecule has 4 aromatic rings. The summed E-state index contributed by atoms with van der Waals surface area (Å²) in [7, 11) is 1.57. The second-order valence-electron chi connectivity index (χ2n) is 16.2. The molecule has 2 aromatic heterocycles. The van der Waals surface area contributed by atoms with E-state index in [4.69, 9.17) is 45.1 Å². The molecular weight excluding hydrogens is 691 g/mol. The van der Waals surface area contributed by atoms with Gasteiger partial charge in [-0.25, -0.2) is 14.2 Å². The van der Waals surface area contributed by atoms with Crippen LogP contribution in [0.1, 0.15) is 58.4 Å². The van der Waals surface area contributed by atoms with Crippen LogP contribution in [0.4, 0.5) is 15.0 Å². The number of carbonyl (C=O) groups is 1. The Bertz CT molecular complexity index is 2190. The van der Waals surface area contributed by atoms with Crippen molar-refractivity contribution in [1.29, 1.82) is 0 Å². The number of methoxy groups -OCH3 is 1. The molecule has 12 nitrogen and oxygen atoms in total. The fourth-order valence-electron chi connectivity index (χ4n) is 9.42. The molecule has 0 unspecified atom stereocenters. The van der Waals surface area contributed by atoms with Crippen LogP contribution in [0.2, 0.25) is 0 Å². The first-order chi connectivity index (χ1) is 26.0. The Balaban J connectivity index is 1.18. The summed E-state index contributed by atoms with van der Waals surface area (Å²) in [5.41, 5.74) is 1.62. The van der Waals surface area contributed by atoms with E-state index in [1.807, 2.05) is 62.1 Å². The third-order valence-electron chi connectivity index (χ3n) is 11.6. The highest BCUT2D eigenvalue weighted by atomic mass is 19.1. The fraction of sp³-hybridized carbons (Fsp3) is 0.512. The van der Waals surface area contributed by atoms with Crippen molar-refractivity contribution in [2.75, 3.05) is 51.7 Å². The minimum Gasteiger partial charge on any atom is -0.475 e. The van der Waals surface area contributed by atoms with Crippen molar-refractivity contribution >= 4 is 33.6 Å². The van der Waals surface area contributed by atoms with E-state index in [2.05, 4.69) is 15.7 Å². The second kappa shape index (κ2) is 13.1. The Hall–Kier alpha value is -4.93. The van der Waals surface area contributed by atoms with Crippen molar-refractivity contribution in [3.63, 3.8) is 0 Å². The Morgan fingerprint density at radius 3 is 2.78 bits per heavy atom. The van der Waals surface area contributed by atoms with Crippen molar-refractivity contribution in [3.8, 4) is 41.2 Å². The number of benzene rings is 2. The zero-order valence-electron chi connectivity index (χ0n) is 31.1. The third kappa shape index (κ3) is 5.91. The number of halogens is 1. The molecule has 0 spiro atoms. The molecule has 5 aliphatic heterocycles. The molecule has 282 valence electrons. The molecule has 4 saturated heterocycles. The van der Waals surface area contributed by atoms with Gasteiger partial charge in [0.15, 0.2) is 6.79 Å². The van der Waals surface area contributed by atoms with E-state index in [-0.39, 0.29) is 55.8 Å². The number of amides is 1.